The van der Waals surface area contributed by atoms with Crippen molar-refractivity contribution in [2.24, 2.45) is 0 Å². The number of methoxy groups -OCH3 is 1. The molecular formula is C25H30N2O4. The van der Waals surface area contributed by atoms with E-state index in [4.69, 9.17) is 14.2 Å². The summed E-state index contributed by atoms with van der Waals surface area (Å²) in [5.74, 6) is 2.43. The summed E-state index contributed by atoms with van der Waals surface area (Å²) in [6.45, 7) is 2.82. The van der Waals surface area contributed by atoms with Crippen LogP contribution in [0.5, 0.6) is 17.2 Å². The van der Waals surface area contributed by atoms with Gasteiger partial charge >= 0.3 is 0 Å². The Hall–Kier alpha value is -2.57. The highest BCUT2D eigenvalue weighted by atomic mass is 16.7. The number of carbonyl (C=O) groups excluding carboxylic acids is 1. The molecule has 6 nitrogen and oxygen atoms in total. The Kier molecular flexibility index (Phi) is 5.36. The summed E-state index contributed by atoms with van der Waals surface area (Å²) in [6, 6.07) is 12.3. The smallest absolute Gasteiger partial charge is 0.231 e. The molecule has 31 heavy (non-hydrogen) atoms. The molecule has 2 aromatic rings. The number of nitrogens with zero attached hydrogens (tertiary/aromatic N) is 1. The standard InChI is InChI=1S/C25H30N2O4/c1-27-13-8-17-14-20-23(31-16-30-20)24(29-2)22(17)19(27)15-21(28)25(9-11-26-12-10-25)18-6-4-3-5-7-18/h3-7,14,19,26H,8-13,15-16H2,1-2H3. The van der Waals surface area contributed by atoms with Gasteiger partial charge in [0.2, 0.25) is 12.5 Å². The van der Waals surface area contributed by atoms with E-state index in [0.29, 0.717) is 23.7 Å². The van der Waals surface area contributed by atoms with Crippen molar-refractivity contribution in [2.75, 3.05) is 40.6 Å². The Morgan fingerprint density at radius 1 is 1.23 bits per heavy atom. The molecule has 0 bridgehead atoms. The summed E-state index contributed by atoms with van der Waals surface area (Å²) in [7, 11) is 3.77. The molecule has 0 radical (unpaired) electrons. The second-order valence-electron chi connectivity index (χ2n) is 8.79. The maximum Gasteiger partial charge on any atom is 0.231 e. The minimum atomic E-state index is -0.436. The van der Waals surface area contributed by atoms with Gasteiger partial charge in [0, 0.05) is 24.6 Å². The van der Waals surface area contributed by atoms with Crippen molar-refractivity contribution < 1.29 is 19.0 Å². The average molecular weight is 423 g/mol. The number of hydrogen-bond acceptors (Lipinski definition) is 6. The fourth-order valence-corrected chi connectivity index (χ4v) is 5.49. The van der Waals surface area contributed by atoms with E-state index in [-0.39, 0.29) is 12.8 Å². The van der Waals surface area contributed by atoms with Crippen LogP contribution in [0, 0.1) is 0 Å². The lowest BCUT2D eigenvalue weighted by atomic mass is 9.68. The number of Topliss-reactive ketones (excluding diaryl/α,β-unsaturated/α-hetero) is 1. The normalized spacial score (nSPS) is 22.1. The Bertz CT molecular complexity index is 969. The van der Waals surface area contributed by atoms with Gasteiger partial charge in [0.05, 0.1) is 12.5 Å². The zero-order valence-corrected chi connectivity index (χ0v) is 18.3. The van der Waals surface area contributed by atoms with Gasteiger partial charge < -0.3 is 19.5 Å². The lowest BCUT2D eigenvalue weighted by Crippen LogP contribution is -2.47. The second-order valence-corrected chi connectivity index (χ2v) is 8.79. The predicted molar refractivity (Wildman–Crippen MR) is 118 cm³/mol. The zero-order valence-electron chi connectivity index (χ0n) is 18.3. The first-order valence-electron chi connectivity index (χ1n) is 11.1. The fraction of sp³-hybridized carbons (Fsp3) is 0.480. The third kappa shape index (κ3) is 3.38. The maximum absolute atomic E-state index is 14.0. The van der Waals surface area contributed by atoms with Crippen LogP contribution in [0.1, 0.15) is 42.0 Å². The van der Waals surface area contributed by atoms with Crippen LogP contribution in [-0.4, -0.2) is 51.3 Å². The molecule has 6 heteroatoms. The van der Waals surface area contributed by atoms with Crippen LogP contribution in [0.3, 0.4) is 0 Å². The third-order valence-corrected chi connectivity index (χ3v) is 7.24. The molecule has 5 rings (SSSR count). The molecule has 3 aliphatic heterocycles. The van der Waals surface area contributed by atoms with E-state index < -0.39 is 5.41 Å². The number of fused-ring (bicyclic) bond motifs is 2. The largest absolute Gasteiger partial charge is 0.492 e. The highest BCUT2D eigenvalue weighted by Gasteiger charge is 2.43. The number of benzene rings is 2. The first kappa shape index (κ1) is 20.3. The van der Waals surface area contributed by atoms with Gasteiger partial charge in [-0.05, 0) is 56.6 Å². The molecular weight excluding hydrogens is 392 g/mol. The number of piperidine rings is 1. The highest BCUT2D eigenvalue weighted by Crippen LogP contribution is 2.50. The molecule has 1 N–H and O–H groups in total. The van der Waals surface area contributed by atoms with Crippen molar-refractivity contribution in [2.45, 2.75) is 37.1 Å². The second kappa shape index (κ2) is 8.17. The molecule has 164 valence electrons. The Morgan fingerprint density at radius 3 is 2.74 bits per heavy atom. The summed E-state index contributed by atoms with van der Waals surface area (Å²) in [6.07, 6.45) is 3.01. The molecule has 1 fully saturated rings. The van der Waals surface area contributed by atoms with E-state index in [2.05, 4.69) is 35.5 Å². The van der Waals surface area contributed by atoms with Gasteiger partial charge in [0.25, 0.3) is 0 Å². The topological polar surface area (TPSA) is 60.0 Å². The van der Waals surface area contributed by atoms with Gasteiger partial charge in [-0.15, -0.1) is 0 Å². The van der Waals surface area contributed by atoms with Gasteiger partial charge in [-0.3, -0.25) is 9.69 Å². The number of rotatable bonds is 5. The molecule has 3 heterocycles. The molecule has 0 spiro atoms. The number of likely N-dealkylation sites (N-methyl/N-ethyl adjacent to an activating group) is 1. The van der Waals surface area contributed by atoms with Gasteiger partial charge in [0.1, 0.15) is 5.78 Å². The lowest BCUT2D eigenvalue weighted by Gasteiger charge is -2.40. The van der Waals surface area contributed by atoms with Crippen LogP contribution >= 0.6 is 0 Å². The Balaban J connectivity index is 1.53. The molecule has 0 amide bonds. The van der Waals surface area contributed by atoms with Crippen LogP contribution in [0.4, 0.5) is 0 Å². The molecule has 0 aliphatic carbocycles. The highest BCUT2D eigenvalue weighted by molar-refractivity contribution is 5.91. The number of nitrogens with one attached hydrogen (secondary N) is 1. The predicted octanol–water partition coefficient (Wildman–Crippen LogP) is 3.23. The van der Waals surface area contributed by atoms with E-state index >= 15 is 0 Å². The summed E-state index contributed by atoms with van der Waals surface area (Å²) in [5, 5.41) is 3.43. The molecule has 0 aromatic heterocycles. The zero-order chi connectivity index (χ0) is 21.4. The summed E-state index contributed by atoms with van der Waals surface area (Å²) in [5.41, 5.74) is 2.97. The van der Waals surface area contributed by atoms with Crippen LogP contribution in [-0.2, 0) is 16.6 Å². The lowest BCUT2D eigenvalue weighted by molar-refractivity contribution is -0.127. The van der Waals surface area contributed by atoms with Gasteiger partial charge in [-0.2, -0.15) is 0 Å². The van der Waals surface area contributed by atoms with Crippen LogP contribution in [0.25, 0.3) is 0 Å². The van der Waals surface area contributed by atoms with Crippen LogP contribution < -0.4 is 19.5 Å². The Morgan fingerprint density at radius 2 is 2.00 bits per heavy atom. The van der Waals surface area contributed by atoms with E-state index in [1.54, 1.807) is 7.11 Å². The first-order valence-corrected chi connectivity index (χ1v) is 11.1. The van der Waals surface area contributed by atoms with E-state index in [1.165, 1.54) is 5.56 Å². The van der Waals surface area contributed by atoms with Crippen molar-refractivity contribution in [1.29, 1.82) is 0 Å². The fourth-order valence-electron chi connectivity index (χ4n) is 5.49. The molecule has 0 saturated carbocycles. The molecule has 3 aliphatic rings. The Labute approximate surface area is 183 Å². The monoisotopic (exact) mass is 422 g/mol. The van der Waals surface area contributed by atoms with Crippen molar-refractivity contribution >= 4 is 5.78 Å². The van der Waals surface area contributed by atoms with Crippen LogP contribution in [0.15, 0.2) is 36.4 Å². The van der Waals surface area contributed by atoms with Gasteiger partial charge in [-0.25, -0.2) is 0 Å². The van der Waals surface area contributed by atoms with Crippen molar-refractivity contribution in [3.63, 3.8) is 0 Å². The van der Waals surface area contributed by atoms with Crippen LogP contribution in [0.2, 0.25) is 0 Å². The minimum absolute atomic E-state index is 0.0452. The van der Waals surface area contributed by atoms with Gasteiger partial charge in [0.15, 0.2) is 11.5 Å². The molecule has 1 atom stereocenters. The third-order valence-electron chi connectivity index (χ3n) is 7.24. The summed E-state index contributed by atoms with van der Waals surface area (Å²) >= 11 is 0. The van der Waals surface area contributed by atoms with E-state index in [9.17, 15) is 4.79 Å². The van der Waals surface area contributed by atoms with Crippen molar-refractivity contribution in [3.8, 4) is 17.2 Å². The van der Waals surface area contributed by atoms with E-state index in [1.807, 2.05) is 18.2 Å². The van der Waals surface area contributed by atoms with E-state index in [0.717, 1.165) is 55.8 Å². The quantitative estimate of drug-likeness (QED) is 0.798. The molecule has 1 saturated heterocycles. The maximum atomic E-state index is 14.0. The first-order chi connectivity index (χ1) is 15.1. The van der Waals surface area contributed by atoms with Crippen molar-refractivity contribution in [3.05, 3.63) is 53.1 Å². The minimum Gasteiger partial charge on any atom is -0.492 e. The SMILES string of the molecule is COc1c2c(cc3c1C(CC(=O)C1(c4ccccc4)CCNCC1)N(C)CC3)OCO2. The number of ketones is 1. The summed E-state index contributed by atoms with van der Waals surface area (Å²) in [4.78, 5) is 16.3. The number of ether oxygens (including phenoxy) is 3. The van der Waals surface area contributed by atoms with Crippen molar-refractivity contribution in [1.82, 2.24) is 10.2 Å². The summed E-state index contributed by atoms with van der Waals surface area (Å²) < 4.78 is 17.2. The number of hydrogen-bond donors (Lipinski definition) is 1. The molecule has 2 aromatic carbocycles. The molecule has 1 unspecified atom stereocenters. The average Bonchev–Trinajstić information content (AvgIpc) is 3.28. The van der Waals surface area contributed by atoms with Gasteiger partial charge in [-0.1, -0.05) is 30.3 Å². The number of carbonyl (C=O) groups is 1.